The van der Waals surface area contributed by atoms with Crippen molar-refractivity contribution < 1.29 is 5.11 Å². The number of aliphatic hydroxyl groups is 1. The summed E-state index contributed by atoms with van der Waals surface area (Å²) in [6.45, 7) is 3.81. The quantitative estimate of drug-likeness (QED) is 0.887. The van der Waals surface area contributed by atoms with Crippen LogP contribution in [0.1, 0.15) is 31.9 Å². The molecule has 0 bridgehead atoms. The van der Waals surface area contributed by atoms with E-state index < -0.39 is 0 Å². The maximum atomic E-state index is 9.51. The van der Waals surface area contributed by atoms with Crippen molar-refractivity contribution in [3.8, 4) is 0 Å². The minimum atomic E-state index is -0.379. The molecule has 1 aromatic rings. The van der Waals surface area contributed by atoms with Crippen LogP contribution in [0.4, 0.5) is 0 Å². The van der Waals surface area contributed by atoms with Crippen molar-refractivity contribution in [3.05, 3.63) is 22.7 Å². The summed E-state index contributed by atoms with van der Waals surface area (Å²) in [4.78, 5) is 8.03. The Morgan fingerprint density at radius 2 is 2.31 bits per heavy atom. The van der Waals surface area contributed by atoms with Gasteiger partial charge in [-0.05, 0) is 29.3 Å². The zero-order chi connectivity index (χ0) is 9.84. The van der Waals surface area contributed by atoms with Gasteiger partial charge >= 0.3 is 0 Å². The molecule has 0 aliphatic carbocycles. The lowest BCUT2D eigenvalue weighted by atomic mass is 9.97. The molecule has 0 aliphatic heterocycles. The van der Waals surface area contributed by atoms with Gasteiger partial charge in [-0.2, -0.15) is 0 Å². The third kappa shape index (κ3) is 2.48. The second-order valence-electron chi connectivity index (χ2n) is 3.01. The van der Waals surface area contributed by atoms with Crippen molar-refractivity contribution in [2.45, 2.75) is 32.3 Å². The molecule has 3 nitrogen and oxygen atoms in total. The SMILES string of the molecule is CCC(c1ncncc1Br)C(C)O. The van der Waals surface area contributed by atoms with E-state index in [1.807, 2.05) is 6.92 Å². The van der Waals surface area contributed by atoms with Gasteiger partial charge in [0.25, 0.3) is 0 Å². The van der Waals surface area contributed by atoms with Gasteiger partial charge in [0.2, 0.25) is 0 Å². The smallest absolute Gasteiger partial charge is 0.115 e. The zero-order valence-electron chi connectivity index (χ0n) is 7.74. The maximum Gasteiger partial charge on any atom is 0.115 e. The molecular weight excluding hydrogens is 232 g/mol. The highest BCUT2D eigenvalue weighted by Crippen LogP contribution is 2.26. The molecular formula is C9H13BrN2O. The van der Waals surface area contributed by atoms with Crippen LogP contribution in [-0.4, -0.2) is 21.2 Å². The number of halogens is 1. The standard InChI is InChI=1S/C9H13BrN2O/c1-3-7(6(2)13)9-8(10)4-11-5-12-9/h4-7,13H,3H2,1-2H3. The first-order valence-corrected chi connectivity index (χ1v) is 5.09. The monoisotopic (exact) mass is 244 g/mol. The molecule has 0 saturated heterocycles. The van der Waals surface area contributed by atoms with Crippen molar-refractivity contribution in [2.75, 3.05) is 0 Å². The minimum Gasteiger partial charge on any atom is -0.393 e. The number of aromatic nitrogens is 2. The molecule has 1 N–H and O–H groups in total. The van der Waals surface area contributed by atoms with Crippen LogP contribution in [0.2, 0.25) is 0 Å². The summed E-state index contributed by atoms with van der Waals surface area (Å²) in [7, 11) is 0. The lowest BCUT2D eigenvalue weighted by Gasteiger charge is -2.17. The Balaban J connectivity index is 2.97. The summed E-state index contributed by atoms with van der Waals surface area (Å²) in [6.07, 6.45) is 3.70. The van der Waals surface area contributed by atoms with Crippen LogP contribution in [-0.2, 0) is 0 Å². The fourth-order valence-corrected chi connectivity index (χ4v) is 1.87. The normalized spacial score (nSPS) is 15.4. The van der Waals surface area contributed by atoms with Gasteiger partial charge in [-0.25, -0.2) is 9.97 Å². The molecule has 4 heteroatoms. The molecule has 0 aromatic carbocycles. The Hall–Kier alpha value is -0.480. The summed E-state index contributed by atoms with van der Waals surface area (Å²) in [5.41, 5.74) is 0.882. The highest BCUT2D eigenvalue weighted by atomic mass is 79.9. The largest absolute Gasteiger partial charge is 0.393 e. The molecule has 0 amide bonds. The summed E-state index contributed by atoms with van der Waals surface area (Å²) in [5.74, 6) is 0.0809. The lowest BCUT2D eigenvalue weighted by Crippen LogP contribution is -2.15. The van der Waals surface area contributed by atoms with Crippen LogP contribution in [0.3, 0.4) is 0 Å². The molecule has 1 rings (SSSR count). The highest BCUT2D eigenvalue weighted by Gasteiger charge is 2.18. The van der Waals surface area contributed by atoms with Gasteiger partial charge in [0, 0.05) is 12.1 Å². The second-order valence-corrected chi connectivity index (χ2v) is 3.87. The van der Waals surface area contributed by atoms with Crippen LogP contribution in [0.25, 0.3) is 0 Å². The Morgan fingerprint density at radius 1 is 1.62 bits per heavy atom. The molecule has 0 radical (unpaired) electrons. The minimum absolute atomic E-state index is 0.0809. The van der Waals surface area contributed by atoms with Gasteiger partial charge in [0.1, 0.15) is 6.33 Å². The van der Waals surface area contributed by atoms with Crippen LogP contribution in [0, 0.1) is 0 Å². The third-order valence-electron chi connectivity index (χ3n) is 2.07. The fraction of sp³-hybridized carbons (Fsp3) is 0.556. The number of aliphatic hydroxyl groups excluding tert-OH is 1. The van der Waals surface area contributed by atoms with Gasteiger partial charge in [0.05, 0.1) is 16.3 Å². The fourth-order valence-electron chi connectivity index (χ4n) is 1.36. The zero-order valence-corrected chi connectivity index (χ0v) is 9.32. The van der Waals surface area contributed by atoms with Gasteiger partial charge in [-0.15, -0.1) is 0 Å². The number of hydrogen-bond donors (Lipinski definition) is 1. The Kier molecular flexibility index (Phi) is 3.81. The van der Waals surface area contributed by atoms with Crippen LogP contribution in [0.15, 0.2) is 17.0 Å². The number of rotatable bonds is 3. The molecule has 0 fully saturated rings. The first-order chi connectivity index (χ1) is 6.16. The Labute approximate surface area is 86.4 Å². The topological polar surface area (TPSA) is 46.0 Å². The predicted molar refractivity (Wildman–Crippen MR) is 54.4 cm³/mol. The molecule has 1 heterocycles. The highest BCUT2D eigenvalue weighted by molar-refractivity contribution is 9.10. The van der Waals surface area contributed by atoms with E-state index in [-0.39, 0.29) is 12.0 Å². The molecule has 0 aliphatic rings. The molecule has 0 saturated carbocycles. The van der Waals surface area contributed by atoms with Gasteiger partial charge < -0.3 is 5.11 Å². The lowest BCUT2D eigenvalue weighted by molar-refractivity contribution is 0.157. The Bertz CT molecular complexity index is 278. The van der Waals surface area contributed by atoms with E-state index in [1.54, 1.807) is 13.1 Å². The van der Waals surface area contributed by atoms with Crippen molar-refractivity contribution in [1.82, 2.24) is 9.97 Å². The van der Waals surface area contributed by atoms with Crippen molar-refractivity contribution in [2.24, 2.45) is 0 Å². The molecule has 2 atom stereocenters. The van der Waals surface area contributed by atoms with E-state index in [2.05, 4.69) is 25.9 Å². The predicted octanol–water partition coefficient (Wildman–Crippen LogP) is 2.11. The average molecular weight is 245 g/mol. The van der Waals surface area contributed by atoms with E-state index in [9.17, 15) is 5.11 Å². The van der Waals surface area contributed by atoms with E-state index >= 15 is 0 Å². The van der Waals surface area contributed by atoms with Crippen LogP contribution >= 0.6 is 15.9 Å². The van der Waals surface area contributed by atoms with E-state index in [4.69, 9.17) is 0 Å². The molecule has 13 heavy (non-hydrogen) atoms. The van der Waals surface area contributed by atoms with Gasteiger partial charge in [-0.1, -0.05) is 6.92 Å². The van der Waals surface area contributed by atoms with Gasteiger partial charge in [0.15, 0.2) is 0 Å². The maximum absolute atomic E-state index is 9.51. The number of nitrogens with zero attached hydrogens (tertiary/aromatic N) is 2. The molecule has 72 valence electrons. The van der Waals surface area contributed by atoms with Gasteiger partial charge in [-0.3, -0.25) is 0 Å². The number of hydrogen-bond acceptors (Lipinski definition) is 3. The molecule has 1 aromatic heterocycles. The van der Waals surface area contributed by atoms with E-state index in [1.165, 1.54) is 6.33 Å². The summed E-state index contributed by atoms with van der Waals surface area (Å²) in [6, 6.07) is 0. The molecule has 0 spiro atoms. The average Bonchev–Trinajstić information content (AvgIpc) is 2.09. The summed E-state index contributed by atoms with van der Waals surface area (Å²) < 4.78 is 0.864. The van der Waals surface area contributed by atoms with E-state index in [0.29, 0.717) is 0 Å². The van der Waals surface area contributed by atoms with Crippen LogP contribution < -0.4 is 0 Å². The van der Waals surface area contributed by atoms with Crippen LogP contribution in [0.5, 0.6) is 0 Å². The summed E-state index contributed by atoms with van der Waals surface area (Å²) >= 11 is 3.37. The third-order valence-corrected chi connectivity index (χ3v) is 2.68. The first kappa shape index (κ1) is 10.6. The Morgan fingerprint density at radius 3 is 2.77 bits per heavy atom. The summed E-state index contributed by atoms with van der Waals surface area (Å²) in [5, 5.41) is 9.51. The van der Waals surface area contributed by atoms with Crippen molar-refractivity contribution in [3.63, 3.8) is 0 Å². The second kappa shape index (κ2) is 4.67. The first-order valence-electron chi connectivity index (χ1n) is 4.30. The van der Waals surface area contributed by atoms with E-state index in [0.717, 1.165) is 16.6 Å². The van der Waals surface area contributed by atoms with Crippen molar-refractivity contribution in [1.29, 1.82) is 0 Å². The van der Waals surface area contributed by atoms with Crippen molar-refractivity contribution >= 4 is 15.9 Å². The molecule has 2 unspecified atom stereocenters.